The Balaban J connectivity index is 2.07. The summed E-state index contributed by atoms with van der Waals surface area (Å²) in [5.41, 5.74) is 8.26. The molecule has 4 heteroatoms. The van der Waals surface area contributed by atoms with Gasteiger partial charge in [0.2, 0.25) is 11.7 Å². The van der Waals surface area contributed by atoms with Gasteiger partial charge in [0, 0.05) is 18.0 Å². The summed E-state index contributed by atoms with van der Waals surface area (Å²) in [5.74, 6) is 1.26. The lowest BCUT2D eigenvalue weighted by molar-refractivity contribution is 0.366. The first-order valence-electron chi connectivity index (χ1n) is 6.90. The summed E-state index contributed by atoms with van der Waals surface area (Å²) in [6.07, 6.45) is 3.72. The zero-order valence-electron chi connectivity index (χ0n) is 11.6. The van der Waals surface area contributed by atoms with Crippen molar-refractivity contribution < 1.29 is 4.52 Å². The number of nitrogens with two attached hydrogens (primary N) is 1. The summed E-state index contributed by atoms with van der Waals surface area (Å²) in [6.45, 7) is 4.25. The molecule has 0 saturated heterocycles. The monoisotopic (exact) mass is 259 g/mol. The van der Waals surface area contributed by atoms with Crippen molar-refractivity contribution in [1.82, 2.24) is 10.1 Å². The Morgan fingerprint density at radius 3 is 2.58 bits per heavy atom. The first-order valence-corrected chi connectivity index (χ1v) is 6.90. The number of aryl methyl sites for hydroxylation is 1. The molecule has 2 aromatic rings. The van der Waals surface area contributed by atoms with Crippen LogP contribution < -0.4 is 5.73 Å². The Morgan fingerprint density at radius 2 is 1.95 bits per heavy atom. The number of hydrogen-bond donors (Lipinski definition) is 1. The van der Waals surface area contributed by atoms with E-state index in [1.807, 2.05) is 12.1 Å². The maximum atomic E-state index is 5.97. The van der Waals surface area contributed by atoms with Gasteiger partial charge in [-0.2, -0.15) is 4.98 Å². The van der Waals surface area contributed by atoms with Gasteiger partial charge in [0.15, 0.2) is 0 Å². The lowest BCUT2D eigenvalue weighted by atomic mass is 10.1. The third-order valence-corrected chi connectivity index (χ3v) is 3.18. The number of benzene rings is 1. The summed E-state index contributed by atoms with van der Waals surface area (Å²) in [6, 6.07) is 8.34. The van der Waals surface area contributed by atoms with Crippen LogP contribution in [-0.4, -0.2) is 16.2 Å². The second-order valence-electron chi connectivity index (χ2n) is 4.82. The minimum Gasteiger partial charge on any atom is -0.339 e. The highest BCUT2D eigenvalue weighted by atomic mass is 16.5. The molecular formula is C15H21N3O. The number of hydrogen-bond acceptors (Lipinski definition) is 4. The van der Waals surface area contributed by atoms with Crippen molar-refractivity contribution in [2.75, 3.05) is 0 Å². The minimum atomic E-state index is 0.0979. The largest absolute Gasteiger partial charge is 0.339 e. The third-order valence-electron chi connectivity index (χ3n) is 3.18. The highest BCUT2D eigenvalue weighted by Crippen LogP contribution is 2.17. The highest BCUT2D eigenvalue weighted by Gasteiger charge is 2.11. The van der Waals surface area contributed by atoms with Gasteiger partial charge in [0.25, 0.3) is 0 Å². The van der Waals surface area contributed by atoms with E-state index >= 15 is 0 Å². The molecule has 1 aromatic carbocycles. The van der Waals surface area contributed by atoms with E-state index in [9.17, 15) is 0 Å². The average Bonchev–Trinajstić information content (AvgIpc) is 2.87. The van der Waals surface area contributed by atoms with Gasteiger partial charge in [0.05, 0.1) is 0 Å². The molecule has 2 N–H and O–H groups in total. The van der Waals surface area contributed by atoms with Crippen LogP contribution >= 0.6 is 0 Å². The van der Waals surface area contributed by atoms with E-state index in [4.69, 9.17) is 10.3 Å². The van der Waals surface area contributed by atoms with Crippen molar-refractivity contribution in [3.63, 3.8) is 0 Å². The van der Waals surface area contributed by atoms with Crippen LogP contribution in [0.15, 0.2) is 28.8 Å². The standard InChI is InChI=1S/C15H21N3O/c1-3-5-13(16)10-14-17-15(18-19-14)12-8-6-11(4-2)7-9-12/h6-9,13H,3-5,10,16H2,1-2H3. The molecule has 1 aromatic heterocycles. The van der Waals surface area contributed by atoms with E-state index in [1.165, 1.54) is 5.56 Å². The second-order valence-corrected chi connectivity index (χ2v) is 4.82. The second kappa shape index (κ2) is 6.48. The molecule has 4 nitrogen and oxygen atoms in total. The zero-order valence-corrected chi connectivity index (χ0v) is 11.6. The molecule has 1 unspecified atom stereocenters. The van der Waals surface area contributed by atoms with Crippen molar-refractivity contribution in [3.8, 4) is 11.4 Å². The number of nitrogens with zero attached hydrogens (tertiary/aromatic N) is 2. The van der Waals surface area contributed by atoms with Gasteiger partial charge < -0.3 is 10.3 Å². The lowest BCUT2D eigenvalue weighted by Gasteiger charge is -2.05. The molecule has 0 fully saturated rings. The van der Waals surface area contributed by atoms with Crippen LogP contribution in [0.3, 0.4) is 0 Å². The summed E-state index contributed by atoms with van der Waals surface area (Å²) in [5, 5.41) is 4.01. The van der Waals surface area contributed by atoms with Gasteiger partial charge in [-0.25, -0.2) is 0 Å². The molecule has 0 aliphatic heterocycles. The molecule has 0 radical (unpaired) electrons. The summed E-state index contributed by atoms with van der Waals surface area (Å²) in [4.78, 5) is 4.40. The normalized spacial score (nSPS) is 12.6. The minimum absolute atomic E-state index is 0.0979. The Hall–Kier alpha value is -1.68. The number of rotatable bonds is 6. The molecule has 19 heavy (non-hydrogen) atoms. The van der Waals surface area contributed by atoms with Crippen LogP contribution in [-0.2, 0) is 12.8 Å². The van der Waals surface area contributed by atoms with Gasteiger partial charge >= 0.3 is 0 Å². The molecular weight excluding hydrogens is 238 g/mol. The molecule has 0 aliphatic rings. The molecule has 0 aliphatic carbocycles. The smallest absolute Gasteiger partial charge is 0.228 e. The van der Waals surface area contributed by atoms with Gasteiger partial charge in [-0.05, 0) is 18.4 Å². The van der Waals surface area contributed by atoms with Gasteiger partial charge in [0.1, 0.15) is 0 Å². The van der Waals surface area contributed by atoms with Crippen molar-refractivity contribution in [2.45, 2.75) is 45.6 Å². The molecule has 2 rings (SSSR count). The van der Waals surface area contributed by atoms with Crippen LogP contribution in [0, 0.1) is 0 Å². The van der Waals surface area contributed by atoms with Gasteiger partial charge in [-0.1, -0.05) is 49.7 Å². The van der Waals surface area contributed by atoms with Crippen LogP contribution in [0.2, 0.25) is 0 Å². The van der Waals surface area contributed by atoms with Crippen LogP contribution in [0.25, 0.3) is 11.4 Å². The van der Waals surface area contributed by atoms with E-state index in [2.05, 4.69) is 36.1 Å². The van der Waals surface area contributed by atoms with Crippen molar-refractivity contribution in [1.29, 1.82) is 0 Å². The Kier molecular flexibility index (Phi) is 4.68. The maximum Gasteiger partial charge on any atom is 0.228 e. The van der Waals surface area contributed by atoms with Crippen LogP contribution in [0.1, 0.15) is 38.1 Å². The van der Waals surface area contributed by atoms with E-state index in [0.29, 0.717) is 18.1 Å². The van der Waals surface area contributed by atoms with E-state index in [-0.39, 0.29) is 6.04 Å². The Labute approximate surface area is 114 Å². The quantitative estimate of drug-likeness (QED) is 0.866. The van der Waals surface area contributed by atoms with Gasteiger partial charge in [-0.3, -0.25) is 0 Å². The number of aromatic nitrogens is 2. The fourth-order valence-electron chi connectivity index (χ4n) is 2.04. The zero-order chi connectivity index (χ0) is 13.7. The molecule has 0 spiro atoms. The SMILES string of the molecule is CCCC(N)Cc1nc(-c2ccc(CC)cc2)no1. The molecule has 0 saturated carbocycles. The molecule has 1 atom stereocenters. The molecule has 1 heterocycles. The average molecular weight is 259 g/mol. The summed E-state index contributed by atoms with van der Waals surface area (Å²) >= 11 is 0. The van der Waals surface area contributed by atoms with E-state index < -0.39 is 0 Å². The topological polar surface area (TPSA) is 64.9 Å². The maximum absolute atomic E-state index is 5.97. The van der Waals surface area contributed by atoms with Crippen molar-refractivity contribution in [2.24, 2.45) is 5.73 Å². The van der Waals surface area contributed by atoms with Crippen molar-refractivity contribution >= 4 is 0 Å². The lowest BCUT2D eigenvalue weighted by Crippen LogP contribution is -2.22. The van der Waals surface area contributed by atoms with Gasteiger partial charge in [-0.15, -0.1) is 0 Å². The predicted octanol–water partition coefficient (Wildman–Crippen LogP) is 2.97. The van der Waals surface area contributed by atoms with Crippen LogP contribution in [0.4, 0.5) is 0 Å². The van der Waals surface area contributed by atoms with E-state index in [1.54, 1.807) is 0 Å². The van der Waals surface area contributed by atoms with Crippen molar-refractivity contribution in [3.05, 3.63) is 35.7 Å². The fourth-order valence-corrected chi connectivity index (χ4v) is 2.04. The fraction of sp³-hybridized carbons (Fsp3) is 0.467. The summed E-state index contributed by atoms with van der Waals surface area (Å²) in [7, 11) is 0. The molecule has 102 valence electrons. The highest BCUT2D eigenvalue weighted by molar-refractivity contribution is 5.54. The molecule has 0 amide bonds. The Bertz CT molecular complexity index is 504. The summed E-state index contributed by atoms with van der Waals surface area (Å²) < 4.78 is 5.25. The first kappa shape index (κ1) is 13.7. The Morgan fingerprint density at radius 1 is 1.21 bits per heavy atom. The van der Waals surface area contributed by atoms with E-state index in [0.717, 1.165) is 24.8 Å². The third kappa shape index (κ3) is 3.64. The van der Waals surface area contributed by atoms with Crippen LogP contribution in [0.5, 0.6) is 0 Å². The predicted molar refractivity (Wildman–Crippen MR) is 75.7 cm³/mol. The molecule has 0 bridgehead atoms. The first-order chi connectivity index (χ1) is 9.22.